The Morgan fingerprint density at radius 2 is 1.12 bits per heavy atom. The molecule has 0 radical (unpaired) electrons. The summed E-state index contributed by atoms with van der Waals surface area (Å²) in [7, 11) is 0. The first-order valence-corrected chi connectivity index (χ1v) is 10.7. The number of hydrogen-bond donors (Lipinski definition) is 0. The van der Waals surface area contributed by atoms with Crippen LogP contribution in [0.1, 0.15) is 35.7 Å². The molecule has 25 heavy (non-hydrogen) atoms. The van der Waals surface area contributed by atoms with E-state index < -0.39 is 0 Å². The quantitative estimate of drug-likeness (QED) is 0.331. The summed E-state index contributed by atoms with van der Waals surface area (Å²) in [6.07, 6.45) is 0. The Morgan fingerprint density at radius 1 is 0.760 bits per heavy atom. The summed E-state index contributed by atoms with van der Waals surface area (Å²) < 4.78 is 7.99. The van der Waals surface area contributed by atoms with Gasteiger partial charge in [0.1, 0.15) is 0 Å². The summed E-state index contributed by atoms with van der Waals surface area (Å²) in [5.41, 5.74) is 2.19. The minimum absolute atomic E-state index is 0.0963. The Bertz CT molecular complexity index is 623. The van der Waals surface area contributed by atoms with E-state index in [0.717, 1.165) is 20.1 Å². The lowest BCUT2D eigenvalue weighted by Crippen LogP contribution is -2.17. The summed E-state index contributed by atoms with van der Waals surface area (Å²) in [5, 5.41) is -0.193. The second kappa shape index (κ2) is 10.3. The Labute approximate surface area is 177 Å². The molecule has 0 amide bonds. The van der Waals surface area contributed by atoms with Crippen LogP contribution in [0.25, 0.3) is 0 Å². The number of hydrogen-bond acceptors (Lipinski definition) is 1. The topological polar surface area (TPSA) is 9.23 Å². The zero-order valence-electron chi connectivity index (χ0n) is 14.3. The van der Waals surface area contributed by atoms with Gasteiger partial charge in [-0.05, 0) is 35.1 Å². The smallest absolute Gasteiger partial charge is 0.0643 e. The van der Waals surface area contributed by atoms with Crippen LogP contribution in [0.5, 0.6) is 0 Å². The highest BCUT2D eigenvalue weighted by atomic mass is 79.9. The maximum atomic E-state index is 6.61. The van der Waals surface area contributed by atoms with Gasteiger partial charge in [0.2, 0.25) is 0 Å². The van der Waals surface area contributed by atoms with Gasteiger partial charge in [-0.15, -0.1) is 23.2 Å². The molecule has 0 heterocycles. The molecular weight excluding hydrogens is 487 g/mol. The number of benzene rings is 2. The van der Waals surface area contributed by atoms with E-state index in [1.54, 1.807) is 0 Å². The maximum Gasteiger partial charge on any atom is 0.0643 e. The summed E-state index contributed by atoms with van der Waals surface area (Å²) in [6, 6.07) is 16.1. The molecule has 136 valence electrons. The molecule has 2 unspecified atom stereocenters. The minimum Gasteiger partial charge on any atom is -0.381 e. The monoisotopic (exact) mass is 506 g/mol. The van der Waals surface area contributed by atoms with Gasteiger partial charge in [-0.1, -0.05) is 82.1 Å². The third-order valence-corrected chi connectivity index (χ3v) is 6.94. The van der Waals surface area contributed by atoms with E-state index in [4.69, 9.17) is 27.9 Å². The van der Waals surface area contributed by atoms with Crippen molar-refractivity contribution in [2.75, 3.05) is 13.2 Å². The number of halogens is 4. The molecule has 2 aromatic carbocycles. The van der Waals surface area contributed by atoms with E-state index in [1.165, 1.54) is 0 Å². The van der Waals surface area contributed by atoms with Crippen LogP contribution in [0, 0.1) is 11.8 Å². The van der Waals surface area contributed by atoms with Crippen LogP contribution in [0.3, 0.4) is 0 Å². The zero-order valence-corrected chi connectivity index (χ0v) is 18.9. The number of ether oxygens (including phenoxy) is 1. The second-order valence-electron chi connectivity index (χ2n) is 6.34. The Morgan fingerprint density at radius 3 is 1.48 bits per heavy atom. The Balaban J connectivity index is 1.85. The molecule has 0 spiro atoms. The van der Waals surface area contributed by atoms with Gasteiger partial charge in [-0.2, -0.15) is 0 Å². The van der Waals surface area contributed by atoms with Crippen molar-refractivity contribution in [3.8, 4) is 0 Å². The number of alkyl halides is 2. The summed E-state index contributed by atoms with van der Waals surface area (Å²) >= 11 is 20.4. The van der Waals surface area contributed by atoms with Crippen LogP contribution in [0.4, 0.5) is 0 Å². The molecule has 1 nitrogen and oxygen atoms in total. The molecule has 0 saturated heterocycles. The van der Waals surface area contributed by atoms with Crippen molar-refractivity contribution in [1.29, 1.82) is 0 Å². The third-order valence-electron chi connectivity index (χ3n) is 4.17. The maximum absolute atomic E-state index is 6.61. The van der Waals surface area contributed by atoms with Gasteiger partial charge >= 0.3 is 0 Å². The zero-order chi connectivity index (χ0) is 18.4. The molecule has 0 aliphatic heterocycles. The number of rotatable bonds is 8. The van der Waals surface area contributed by atoms with Gasteiger partial charge < -0.3 is 4.74 Å². The Kier molecular flexibility index (Phi) is 8.77. The highest BCUT2D eigenvalue weighted by Gasteiger charge is 2.22. The molecule has 0 fully saturated rings. The molecule has 5 heteroatoms. The second-order valence-corrected chi connectivity index (χ2v) is 8.99. The molecule has 0 bridgehead atoms. The molecule has 0 N–H and O–H groups in total. The van der Waals surface area contributed by atoms with Crippen LogP contribution in [0.2, 0.25) is 0 Å². The van der Waals surface area contributed by atoms with Crippen LogP contribution >= 0.6 is 55.1 Å². The molecular formula is C20H22Br2Cl2O. The van der Waals surface area contributed by atoms with Crippen LogP contribution in [0.15, 0.2) is 57.5 Å². The lowest BCUT2D eigenvalue weighted by Gasteiger charge is -2.23. The van der Waals surface area contributed by atoms with Crippen LogP contribution in [-0.2, 0) is 4.74 Å². The van der Waals surface area contributed by atoms with E-state index >= 15 is 0 Å². The van der Waals surface area contributed by atoms with E-state index in [2.05, 4.69) is 45.7 Å². The molecule has 0 saturated carbocycles. The first-order valence-electron chi connectivity index (χ1n) is 8.26. The van der Waals surface area contributed by atoms with Crippen molar-refractivity contribution in [1.82, 2.24) is 0 Å². The van der Waals surface area contributed by atoms with E-state index in [0.29, 0.717) is 13.2 Å². The molecule has 0 aliphatic carbocycles. The average Bonchev–Trinajstić information content (AvgIpc) is 2.61. The van der Waals surface area contributed by atoms with Gasteiger partial charge in [0.25, 0.3) is 0 Å². The Hall–Kier alpha value is -0.0600. The largest absolute Gasteiger partial charge is 0.381 e. The molecule has 2 aromatic rings. The highest BCUT2D eigenvalue weighted by Crippen LogP contribution is 2.36. The predicted molar refractivity (Wildman–Crippen MR) is 115 cm³/mol. The SMILES string of the molecule is C[C@@H](COC[C@H](C)C(Cl)c1ccccc1Br)C(Cl)c1ccccc1Br. The van der Waals surface area contributed by atoms with E-state index in [-0.39, 0.29) is 22.6 Å². The van der Waals surface area contributed by atoms with Crippen molar-refractivity contribution in [2.45, 2.75) is 24.6 Å². The van der Waals surface area contributed by atoms with Gasteiger partial charge in [-0.25, -0.2) is 0 Å². The van der Waals surface area contributed by atoms with E-state index in [1.807, 2.05) is 48.5 Å². The van der Waals surface area contributed by atoms with Crippen molar-refractivity contribution >= 4 is 55.1 Å². The van der Waals surface area contributed by atoms with Crippen LogP contribution < -0.4 is 0 Å². The van der Waals surface area contributed by atoms with Crippen molar-refractivity contribution < 1.29 is 4.74 Å². The third kappa shape index (κ3) is 5.97. The molecule has 0 aromatic heterocycles. The van der Waals surface area contributed by atoms with Gasteiger partial charge in [0.15, 0.2) is 0 Å². The van der Waals surface area contributed by atoms with Crippen molar-refractivity contribution in [3.05, 3.63) is 68.6 Å². The lowest BCUT2D eigenvalue weighted by atomic mass is 10.0. The molecule has 0 aliphatic rings. The first-order chi connectivity index (χ1) is 11.9. The predicted octanol–water partition coefficient (Wildman–Crippen LogP) is 7.76. The normalized spacial score (nSPS) is 16.2. The molecule has 4 atom stereocenters. The average molecular weight is 509 g/mol. The van der Waals surface area contributed by atoms with E-state index in [9.17, 15) is 0 Å². The van der Waals surface area contributed by atoms with Gasteiger partial charge in [0.05, 0.1) is 24.0 Å². The fraction of sp³-hybridized carbons (Fsp3) is 0.400. The van der Waals surface area contributed by atoms with Crippen molar-refractivity contribution in [2.24, 2.45) is 11.8 Å². The minimum atomic E-state index is -0.0963. The van der Waals surface area contributed by atoms with Crippen molar-refractivity contribution in [3.63, 3.8) is 0 Å². The highest BCUT2D eigenvalue weighted by molar-refractivity contribution is 9.10. The molecule has 2 rings (SSSR count). The first kappa shape index (κ1) is 21.2. The standard InChI is InChI=1S/C20H22Br2Cl2O/c1-13(19(23)15-7-3-5-9-17(15)21)11-25-12-14(2)20(24)16-8-4-6-10-18(16)22/h3-10,13-14,19-20H,11-12H2,1-2H3/t13-,14-,19?,20?/m0/s1. The summed E-state index contributed by atoms with van der Waals surface area (Å²) in [5.74, 6) is 0.398. The van der Waals surface area contributed by atoms with Crippen LogP contribution in [-0.4, -0.2) is 13.2 Å². The fourth-order valence-corrected chi connectivity index (χ4v) is 4.47. The summed E-state index contributed by atoms with van der Waals surface area (Å²) in [4.78, 5) is 0. The fourth-order valence-electron chi connectivity index (χ4n) is 2.62. The lowest BCUT2D eigenvalue weighted by molar-refractivity contribution is 0.0774. The summed E-state index contributed by atoms with van der Waals surface area (Å²) in [6.45, 7) is 5.40. The van der Waals surface area contributed by atoms with Gasteiger partial charge in [-0.3, -0.25) is 0 Å². The van der Waals surface area contributed by atoms with Gasteiger partial charge in [0, 0.05) is 8.95 Å².